The molecule has 3 rings (SSSR count). The number of aryl methyl sites for hydroxylation is 1. The molecule has 0 radical (unpaired) electrons. The van der Waals surface area contributed by atoms with E-state index in [9.17, 15) is 0 Å². The highest BCUT2D eigenvalue weighted by Crippen LogP contribution is 2.35. The zero-order chi connectivity index (χ0) is 15.7. The standard InChI is InChI=1S/C18H13Cl3N.HI/c1-22-10-16(12-5-7-14(19)8-6-12)18(21)17(11-22)13-3-2-4-15(20)9-13;/h2-11H,1H3;1H/q+1;/p-1. The summed E-state index contributed by atoms with van der Waals surface area (Å²) in [6.45, 7) is 0. The van der Waals surface area contributed by atoms with Gasteiger partial charge in [0.25, 0.3) is 0 Å². The van der Waals surface area contributed by atoms with Crippen molar-refractivity contribution >= 4 is 34.8 Å². The molecule has 0 aliphatic rings. The highest BCUT2D eigenvalue weighted by Gasteiger charge is 2.16. The zero-order valence-corrected chi connectivity index (χ0v) is 16.7. The third-order valence-corrected chi connectivity index (χ3v) is 4.32. The Labute approximate surface area is 167 Å². The Morgan fingerprint density at radius 2 is 1.35 bits per heavy atom. The lowest BCUT2D eigenvalue weighted by atomic mass is 10.0. The second-order valence-corrected chi connectivity index (χ2v) is 6.33. The second-order valence-electron chi connectivity index (χ2n) is 5.08. The van der Waals surface area contributed by atoms with Crippen LogP contribution >= 0.6 is 34.8 Å². The molecule has 0 N–H and O–H groups in total. The highest BCUT2D eigenvalue weighted by molar-refractivity contribution is 6.36. The average molecular weight is 477 g/mol. The Balaban J connectivity index is 0.00000192. The lowest BCUT2D eigenvalue weighted by Gasteiger charge is -2.09. The van der Waals surface area contributed by atoms with Gasteiger partial charge in [0.15, 0.2) is 12.4 Å². The highest BCUT2D eigenvalue weighted by atomic mass is 127. The van der Waals surface area contributed by atoms with Crippen molar-refractivity contribution in [3.8, 4) is 22.3 Å². The van der Waals surface area contributed by atoms with E-state index in [2.05, 4.69) is 0 Å². The van der Waals surface area contributed by atoms with E-state index in [4.69, 9.17) is 34.8 Å². The topological polar surface area (TPSA) is 3.88 Å². The van der Waals surface area contributed by atoms with Gasteiger partial charge < -0.3 is 24.0 Å². The van der Waals surface area contributed by atoms with E-state index in [0.717, 1.165) is 22.3 Å². The van der Waals surface area contributed by atoms with E-state index < -0.39 is 0 Å². The molecular weight excluding hydrogens is 463 g/mol. The minimum atomic E-state index is 0. The lowest BCUT2D eigenvalue weighted by Crippen LogP contribution is -3.00. The number of pyridine rings is 1. The van der Waals surface area contributed by atoms with Gasteiger partial charge in [0.05, 0.1) is 16.1 Å². The number of nitrogens with zero attached hydrogens (tertiary/aromatic N) is 1. The molecule has 5 heteroatoms. The van der Waals surface area contributed by atoms with Crippen molar-refractivity contribution < 1.29 is 28.5 Å². The second kappa shape index (κ2) is 7.84. The normalized spacial score (nSPS) is 10.3. The van der Waals surface area contributed by atoms with Crippen LogP contribution in [0.3, 0.4) is 0 Å². The molecular formula is C18H13Cl3IN. The molecule has 0 aliphatic heterocycles. The third-order valence-electron chi connectivity index (χ3n) is 3.43. The maximum Gasteiger partial charge on any atom is 0.177 e. The van der Waals surface area contributed by atoms with Gasteiger partial charge in [-0.3, -0.25) is 0 Å². The van der Waals surface area contributed by atoms with Crippen LogP contribution in [-0.2, 0) is 7.05 Å². The van der Waals surface area contributed by atoms with Gasteiger partial charge in [-0.25, -0.2) is 4.57 Å². The Bertz CT molecular complexity index is 832. The van der Waals surface area contributed by atoms with Gasteiger partial charge in [0.2, 0.25) is 0 Å². The fraction of sp³-hybridized carbons (Fsp3) is 0.0556. The summed E-state index contributed by atoms with van der Waals surface area (Å²) in [5.41, 5.74) is 3.91. The molecule has 0 amide bonds. The van der Waals surface area contributed by atoms with Crippen LogP contribution in [0.1, 0.15) is 0 Å². The van der Waals surface area contributed by atoms with Gasteiger partial charge in [-0.1, -0.05) is 59.1 Å². The summed E-state index contributed by atoms with van der Waals surface area (Å²) < 4.78 is 1.99. The molecule has 1 nitrogen and oxygen atoms in total. The van der Waals surface area contributed by atoms with Crippen molar-refractivity contribution in [3.63, 3.8) is 0 Å². The number of benzene rings is 2. The van der Waals surface area contributed by atoms with Gasteiger partial charge in [0, 0.05) is 10.0 Å². The van der Waals surface area contributed by atoms with Crippen molar-refractivity contribution in [3.05, 3.63) is 76.0 Å². The molecule has 118 valence electrons. The van der Waals surface area contributed by atoms with Crippen LogP contribution < -0.4 is 28.5 Å². The first-order valence-corrected chi connectivity index (χ1v) is 7.88. The van der Waals surface area contributed by atoms with Crippen LogP contribution in [0.5, 0.6) is 0 Å². The molecule has 1 heterocycles. The van der Waals surface area contributed by atoms with Crippen molar-refractivity contribution in [2.75, 3.05) is 0 Å². The quantitative estimate of drug-likeness (QED) is 0.396. The molecule has 0 unspecified atom stereocenters. The first kappa shape index (κ1) is 18.5. The molecule has 0 bridgehead atoms. The van der Waals surface area contributed by atoms with Crippen LogP contribution in [0.15, 0.2) is 60.9 Å². The maximum atomic E-state index is 6.65. The van der Waals surface area contributed by atoms with Gasteiger partial charge in [-0.15, -0.1) is 0 Å². The number of hydrogen-bond donors (Lipinski definition) is 0. The Kier molecular flexibility index (Phi) is 6.32. The summed E-state index contributed by atoms with van der Waals surface area (Å²) in [5, 5.41) is 2.09. The van der Waals surface area contributed by atoms with E-state index in [0.29, 0.717) is 15.1 Å². The van der Waals surface area contributed by atoms with Crippen LogP contribution in [0.2, 0.25) is 15.1 Å². The largest absolute Gasteiger partial charge is 1.00 e. The van der Waals surface area contributed by atoms with Crippen LogP contribution in [-0.4, -0.2) is 0 Å². The Morgan fingerprint density at radius 1 is 0.739 bits per heavy atom. The predicted molar refractivity (Wildman–Crippen MR) is 93.5 cm³/mol. The van der Waals surface area contributed by atoms with E-state index >= 15 is 0 Å². The number of hydrogen-bond acceptors (Lipinski definition) is 0. The minimum Gasteiger partial charge on any atom is -1.00 e. The lowest BCUT2D eigenvalue weighted by molar-refractivity contribution is -0.670. The van der Waals surface area contributed by atoms with Crippen molar-refractivity contribution in [2.24, 2.45) is 7.05 Å². The molecule has 1 aromatic heterocycles. The predicted octanol–water partition coefficient (Wildman–Crippen LogP) is 2.81. The molecule has 2 aromatic carbocycles. The first-order chi connectivity index (χ1) is 10.5. The van der Waals surface area contributed by atoms with Crippen molar-refractivity contribution in [1.29, 1.82) is 0 Å². The Hall–Kier alpha value is -0.810. The summed E-state index contributed by atoms with van der Waals surface area (Å²) in [4.78, 5) is 0. The van der Waals surface area contributed by atoms with Gasteiger partial charge >= 0.3 is 0 Å². The summed E-state index contributed by atoms with van der Waals surface area (Å²) in [6.07, 6.45) is 3.99. The molecule has 23 heavy (non-hydrogen) atoms. The van der Waals surface area contributed by atoms with E-state index in [-0.39, 0.29) is 24.0 Å². The number of halogens is 4. The molecule has 3 aromatic rings. The molecule has 0 aliphatic carbocycles. The fourth-order valence-corrected chi connectivity index (χ4v) is 3.02. The average Bonchev–Trinajstić information content (AvgIpc) is 2.50. The molecule has 0 saturated carbocycles. The molecule has 0 atom stereocenters. The van der Waals surface area contributed by atoms with Crippen LogP contribution in [0.4, 0.5) is 0 Å². The van der Waals surface area contributed by atoms with Crippen molar-refractivity contribution in [1.82, 2.24) is 0 Å². The fourth-order valence-electron chi connectivity index (χ4n) is 2.39. The van der Waals surface area contributed by atoms with Crippen molar-refractivity contribution in [2.45, 2.75) is 0 Å². The van der Waals surface area contributed by atoms with E-state index in [1.807, 2.05) is 72.5 Å². The maximum absolute atomic E-state index is 6.65. The summed E-state index contributed by atoms with van der Waals surface area (Å²) >= 11 is 18.7. The Morgan fingerprint density at radius 3 is 1.96 bits per heavy atom. The molecule has 0 spiro atoms. The zero-order valence-electron chi connectivity index (χ0n) is 12.2. The number of aromatic nitrogens is 1. The summed E-state index contributed by atoms with van der Waals surface area (Å²) in [6, 6.07) is 15.3. The van der Waals surface area contributed by atoms with Gasteiger partial charge in [-0.05, 0) is 35.4 Å². The molecule has 0 saturated heterocycles. The van der Waals surface area contributed by atoms with E-state index in [1.165, 1.54) is 0 Å². The minimum absolute atomic E-state index is 0. The summed E-state index contributed by atoms with van der Waals surface area (Å²) in [5.74, 6) is 0. The van der Waals surface area contributed by atoms with Gasteiger partial charge in [-0.2, -0.15) is 0 Å². The van der Waals surface area contributed by atoms with Crippen LogP contribution in [0, 0.1) is 0 Å². The van der Waals surface area contributed by atoms with Crippen LogP contribution in [0.25, 0.3) is 22.3 Å². The van der Waals surface area contributed by atoms with E-state index in [1.54, 1.807) is 0 Å². The smallest absolute Gasteiger partial charge is 0.177 e. The summed E-state index contributed by atoms with van der Waals surface area (Å²) in [7, 11) is 1.98. The SMILES string of the molecule is C[n+]1cc(-c2ccc(Cl)cc2)c(Cl)c(-c2cccc(Cl)c2)c1.[I-]. The van der Waals surface area contributed by atoms with Gasteiger partial charge in [0.1, 0.15) is 7.05 Å². The third kappa shape index (κ3) is 4.18. The first-order valence-electron chi connectivity index (χ1n) is 6.75. The number of rotatable bonds is 2. The molecule has 0 fully saturated rings. The monoisotopic (exact) mass is 475 g/mol.